The van der Waals surface area contributed by atoms with Crippen LogP contribution in [-0.4, -0.2) is 34.7 Å². The third kappa shape index (κ3) is 3.54. The van der Waals surface area contributed by atoms with Crippen molar-refractivity contribution < 1.29 is 19.8 Å². The molecular formula is C12H17NO4S. The molecule has 1 aromatic heterocycles. The van der Waals surface area contributed by atoms with Gasteiger partial charge in [0.05, 0.1) is 11.5 Å². The summed E-state index contributed by atoms with van der Waals surface area (Å²) in [6.45, 7) is 3.38. The number of aliphatic carboxylic acids is 1. The number of nitrogens with one attached hydrogen (secondary N) is 1. The van der Waals surface area contributed by atoms with Gasteiger partial charge in [0.15, 0.2) is 6.04 Å². The quantitative estimate of drug-likeness (QED) is 0.725. The highest BCUT2D eigenvalue weighted by atomic mass is 32.1. The third-order valence-corrected chi connectivity index (χ3v) is 3.64. The van der Waals surface area contributed by atoms with Crippen LogP contribution in [0.3, 0.4) is 0 Å². The molecule has 0 saturated heterocycles. The highest BCUT2D eigenvalue weighted by Gasteiger charge is 2.21. The highest BCUT2D eigenvalue weighted by molar-refractivity contribution is 7.14. The molecule has 1 atom stereocenters. The van der Waals surface area contributed by atoms with Gasteiger partial charge in [-0.25, -0.2) is 4.79 Å². The Morgan fingerprint density at radius 3 is 2.67 bits per heavy atom. The minimum atomic E-state index is -1.26. The molecule has 0 aliphatic carbocycles. The van der Waals surface area contributed by atoms with Gasteiger partial charge in [0, 0.05) is 4.88 Å². The van der Waals surface area contributed by atoms with E-state index in [-0.39, 0.29) is 0 Å². The van der Waals surface area contributed by atoms with Crippen molar-refractivity contribution in [1.29, 1.82) is 0 Å². The van der Waals surface area contributed by atoms with E-state index in [1.165, 1.54) is 11.3 Å². The summed E-state index contributed by atoms with van der Waals surface area (Å²) in [5.41, 5.74) is 1.11. The van der Waals surface area contributed by atoms with Crippen LogP contribution in [0, 0.1) is 6.92 Å². The number of aryl methyl sites for hydroxylation is 2. The van der Waals surface area contributed by atoms with Crippen LogP contribution in [0.25, 0.3) is 0 Å². The van der Waals surface area contributed by atoms with E-state index in [2.05, 4.69) is 12.2 Å². The van der Waals surface area contributed by atoms with Crippen molar-refractivity contribution in [3.8, 4) is 0 Å². The summed E-state index contributed by atoms with van der Waals surface area (Å²) >= 11 is 1.34. The van der Waals surface area contributed by atoms with Gasteiger partial charge in [0.1, 0.15) is 0 Å². The Hall–Kier alpha value is -1.40. The van der Waals surface area contributed by atoms with E-state index >= 15 is 0 Å². The van der Waals surface area contributed by atoms with Gasteiger partial charge in [-0.3, -0.25) is 4.79 Å². The maximum Gasteiger partial charge on any atom is 0.328 e. The zero-order chi connectivity index (χ0) is 13.7. The number of hydrogen-bond donors (Lipinski definition) is 3. The summed E-state index contributed by atoms with van der Waals surface area (Å²) in [6, 6.07) is 0.532. The first kappa shape index (κ1) is 14.7. The van der Waals surface area contributed by atoms with E-state index in [1.54, 1.807) is 6.07 Å². The predicted molar refractivity (Wildman–Crippen MR) is 69.0 cm³/mol. The van der Waals surface area contributed by atoms with Gasteiger partial charge in [-0.1, -0.05) is 13.3 Å². The average Bonchev–Trinajstić information content (AvgIpc) is 2.68. The second-order valence-electron chi connectivity index (χ2n) is 3.99. The lowest BCUT2D eigenvalue weighted by Gasteiger charge is -2.10. The summed E-state index contributed by atoms with van der Waals surface area (Å²) in [5.74, 6) is -1.69. The molecule has 0 fully saturated rings. The molecule has 0 saturated carbocycles. The fourth-order valence-corrected chi connectivity index (χ4v) is 2.54. The van der Waals surface area contributed by atoms with E-state index in [0.29, 0.717) is 4.88 Å². The third-order valence-electron chi connectivity index (χ3n) is 2.55. The number of thiophene rings is 1. The first-order chi connectivity index (χ1) is 8.49. The topological polar surface area (TPSA) is 86.6 Å². The normalized spacial score (nSPS) is 12.2. The van der Waals surface area contributed by atoms with Crippen LogP contribution in [0.5, 0.6) is 0 Å². The van der Waals surface area contributed by atoms with Crippen molar-refractivity contribution in [2.24, 2.45) is 0 Å². The number of carboxylic acid groups (broad SMARTS) is 1. The number of aliphatic hydroxyl groups excluding tert-OH is 1. The molecular weight excluding hydrogens is 254 g/mol. The molecule has 1 aromatic rings. The van der Waals surface area contributed by atoms with Gasteiger partial charge in [-0.2, -0.15) is 0 Å². The van der Waals surface area contributed by atoms with Crippen LogP contribution in [0.1, 0.15) is 33.5 Å². The second kappa shape index (κ2) is 6.51. The zero-order valence-corrected chi connectivity index (χ0v) is 11.2. The van der Waals surface area contributed by atoms with E-state index in [4.69, 9.17) is 10.2 Å². The van der Waals surface area contributed by atoms with Gasteiger partial charge in [-0.15, -0.1) is 11.3 Å². The predicted octanol–water partition coefficient (Wildman–Crippen LogP) is 1.18. The highest BCUT2D eigenvalue weighted by Crippen LogP contribution is 2.22. The summed E-state index contributed by atoms with van der Waals surface area (Å²) < 4.78 is 0. The van der Waals surface area contributed by atoms with E-state index in [1.807, 2.05) is 6.92 Å². The van der Waals surface area contributed by atoms with Crippen molar-refractivity contribution in [3.05, 3.63) is 21.4 Å². The number of carboxylic acids is 1. The first-order valence-electron chi connectivity index (χ1n) is 5.73. The Kier molecular flexibility index (Phi) is 5.30. The monoisotopic (exact) mass is 271 g/mol. The Labute approximate surface area is 109 Å². The minimum Gasteiger partial charge on any atom is -0.480 e. The van der Waals surface area contributed by atoms with Crippen LogP contribution in [0.2, 0.25) is 0 Å². The fraction of sp³-hybridized carbons (Fsp3) is 0.500. The standard InChI is InChI=1S/C12H17NO4S/c1-3-4-8-5-10(18-7(8)2)11(15)13-9(6-14)12(16)17/h5,9,14H,3-4,6H2,1-2H3,(H,13,15)(H,16,17)/t9-/m1/s1. The summed E-state index contributed by atoms with van der Waals surface area (Å²) in [7, 11) is 0. The molecule has 18 heavy (non-hydrogen) atoms. The van der Waals surface area contributed by atoms with Gasteiger partial charge in [0.2, 0.25) is 0 Å². The minimum absolute atomic E-state index is 0.452. The lowest BCUT2D eigenvalue weighted by Crippen LogP contribution is -2.43. The molecule has 0 radical (unpaired) electrons. The molecule has 1 rings (SSSR count). The molecule has 0 aromatic carbocycles. The largest absolute Gasteiger partial charge is 0.480 e. The Bertz CT molecular complexity index is 441. The molecule has 0 unspecified atom stereocenters. The van der Waals surface area contributed by atoms with Gasteiger partial charge in [0.25, 0.3) is 5.91 Å². The lowest BCUT2D eigenvalue weighted by atomic mass is 10.1. The zero-order valence-electron chi connectivity index (χ0n) is 10.4. The van der Waals surface area contributed by atoms with Crippen LogP contribution < -0.4 is 5.32 Å². The molecule has 5 nitrogen and oxygen atoms in total. The van der Waals surface area contributed by atoms with Crippen molar-refractivity contribution >= 4 is 23.2 Å². The van der Waals surface area contributed by atoms with Gasteiger partial charge < -0.3 is 15.5 Å². The number of carbonyl (C=O) groups excluding carboxylic acids is 1. The van der Waals surface area contributed by atoms with Gasteiger partial charge >= 0.3 is 5.97 Å². The van der Waals surface area contributed by atoms with Crippen molar-refractivity contribution in [3.63, 3.8) is 0 Å². The maximum atomic E-state index is 11.8. The van der Waals surface area contributed by atoms with Crippen LogP contribution in [0.15, 0.2) is 6.07 Å². The Morgan fingerprint density at radius 2 is 2.17 bits per heavy atom. The number of amides is 1. The molecule has 100 valence electrons. The van der Waals surface area contributed by atoms with Crippen LogP contribution >= 0.6 is 11.3 Å². The molecule has 0 aliphatic rings. The summed E-state index contributed by atoms with van der Waals surface area (Å²) in [4.78, 5) is 24.1. The molecule has 0 spiro atoms. The molecule has 1 heterocycles. The summed E-state index contributed by atoms with van der Waals surface area (Å²) in [6.07, 6.45) is 1.89. The molecule has 0 bridgehead atoms. The second-order valence-corrected chi connectivity index (χ2v) is 5.25. The van der Waals surface area contributed by atoms with E-state index in [0.717, 1.165) is 23.3 Å². The van der Waals surface area contributed by atoms with E-state index < -0.39 is 24.5 Å². The average molecular weight is 271 g/mol. The number of hydrogen-bond acceptors (Lipinski definition) is 4. The lowest BCUT2D eigenvalue weighted by molar-refractivity contribution is -0.140. The fourth-order valence-electron chi connectivity index (χ4n) is 1.56. The molecule has 0 aliphatic heterocycles. The Balaban J connectivity index is 2.78. The SMILES string of the molecule is CCCc1cc(C(=O)N[C@H](CO)C(=O)O)sc1C. The van der Waals surface area contributed by atoms with Crippen LogP contribution in [-0.2, 0) is 11.2 Å². The first-order valence-corrected chi connectivity index (χ1v) is 6.55. The number of aliphatic hydroxyl groups is 1. The molecule has 1 amide bonds. The van der Waals surface area contributed by atoms with Crippen molar-refractivity contribution in [2.45, 2.75) is 32.7 Å². The van der Waals surface area contributed by atoms with Crippen LogP contribution in [0.4, 0.5) is 0 Å². The maximum absolute atomic E-state index is 11.8. The van der Waals surface area contributed by atoms with Gasteiger partial charge in [-0.05, 0) is 25.0 Å². The number of rotatable bonds is 6. The van der Waals surface area contributed by atoms with Crippen molar-refractivity contribution in [1.82, 2.24) is 5.32 Å². The molecule has 3 N–H and O–H groups in total. The number of carbonyl (C=O) groups is 2. The smallest absolute Gasteiger partial charge is 0.328 e. The van der Waals surface area contributed by atoms with E-state index in [9.17, 15) is 9.59 Å². The summed E-state index contributed by atoms with van der Waals surface area (Å²) in [5, 5.41) is 19.9. The Morgan fingerprint density at radius 1 is 1.50 bits per heavy atom. The van der Waals surface area contributed by atoms with Crippen molar-refractivity contribution in [2.75, 3.05) is 6.61 Å². The molecule has 6 heteroatoms.